The fourth-order valence-electron chi connectivity index (χ4n) is 2.99. The van der Waals surface area contributed by atoms with E-state index in [1.165, 1.54) is 12.1 Å². The van der Waals surface area contributed by atoms with Crippen molar-refractivity contribution in [3.63, 3.8) is 0 Å². The molecule has 3 aromatic rings. The lowest BCUT2D eigenvalue weighted by Gasteiger charge is -2.35. The van der Waals surface area contributed by atoms with Crippen molar-refractivity contribution >= 4 is 28.5 Å². The van der Waals surface area contributed by atoms with Gasteiger partial charge < -0.3 is 9.32 Å². The number of aromatic nitrogens is 3. The van der Waals surface area contributed by atoms with Crippen molar-refractivity contribution in [2.75, 3.05) is 31.1 Å². The van der Waals surface area contributed by atoms with Crippen molar-refractivity contribution in [2.45, 2.75) is 13.5 Å². The first-order chi connectivity index (χ1) is 12.1. The number of anilines is 1. The van der Waals surface area contributed by atoms with E-state index in [4.69, 9.17) is 16.0 Å². The summed E-state index contributed by atoms with van der Waals surface area (Å²) in [7, 11) is 0. The van der Waals surface area contributed by atoms with Gasteiger partial charge >= 0.3 is 0 Å². The molecule has 25 heavy (non-hydrogen) atoms. The lowest BCUT2D eigenvalue weighted by Crippen LogP contribution is -2.46. The van der Waals surface area contributed by atoms with Gasteiger partial charge in [-0.2, -0.15) is 0 Å². The summed E-state index contributed by atoms with van der Waals surface area (Å²) in [5, 5.41) is 0.608. The van der Waals surface area contributed by atoms with E-state index in [0.717, 1.165) is 37.7 Å². The van der Waals surface area contributed by atoms with Gasteiger partial charge in [0.15, 0.2) is 11.4 Å². The largest absolute Gasteiger partial charge is 0.439 e. The van der Waals surface area contributed by atoms with Crippen LogP contribution in [0.15, 0.2) is 28.9 Å². The maximum atomic E-state index is 13.2. The van der Waals surface area contributed by atoms with Crippen LogP contribution in [0.25, 0.3) is 11.1 Å². The van der Waals surface area contributed by atoms with Crippen LogP contribution in [0, 0.1) is 12.7 Å². The number of hydrogen-bond acceptors (Lipinski definition) is 6. The number of rotatable bonds is 3. The highest BCUT2D eigenvalue weighted by Gasteiger charge is 2.22. The van der Waals surface area contributed by atoms with Crippen molar-refractivity contribution in [3.05, 3.63) is 47.0 Å². The van der Waals surface area contributed by atoms with Crippen LogP contribution in [0.4, 0.5) is 10.2 Å². The Morgan fingerprint density at radius 1 is 1.20 bits per heavy atom. The molecule has 0 spiro atoms. The molecule has 0 N–H and O–H groups in total. The van der Waals surface area contributed by atoms with Gasteiger partial charge in [0.1, 0.15) is 22.7 Å². The quantitative estimate of drug-likeness (QED) is 0.714. The van der Waals surface area contributed by atoms with Gasteiger partial charge in [-0.15, -0.1) is 0 Å². The Labute approximate surface area is 149 Å². The molecule has 1 aliphatic rings. The van der Waals surface area contributed by atoms with Gasteiger partial charge in [0, 0.05) is 32.2 Å². The molecule has 1 aliphatic heterocycles. The van der Waals surface area contributed by atoms with Crippen molar-refractivity contribution in [2.24, 2.45) is 0 Å². The molecule has 0 atom stereocenters. The van der Waals surface area contributed by atoms with Gasteiger partial charge in [-0.3, -0.25) is 4.90 Å². The van der Waals surface area contributed by atoms with E-state index < -0.39 is 0 Å². The molecule has 3 heterocycles. The summed E-state index contributed by atoms with van der Waals surface area (Å²) in [5.74, 6) is 1.07. The number of piperazine rings is 1. The summed E-state index contributed by atoms with van der Waals surface area (Å²) in [6, 6.07) is 4.39. The lowest BCUT2D eigenvalue weighted by atomic mass is 10.3. The summed E-state index contributed by atoms with van der Waals surface area (Å²) in [4.78, 5) is 17.2. The molecule has 0 bridgehead atoms. The van der Waals surface area contributed by atoms with Crippen LogP contribution in [-0.2, 0) is 6.54 Å². The monoisotopic (exact) mass is 361 g/mol. The predicted molar refractivity (Wildman–Crippen MR) is 93.2 cm³/mol. The topological polar surface area (TPSA) is 58.3 Å². The average Bonchev–Trinajstić information content (AvgIpc) is 2.99. The van der Waals surface area contributed by atoms with Crippen LogP contribution < -0.4 is 4.90 Å². The number of nitrogens with zero attached hydrogens (tertiary/aromatic N) is 5. The van der Waals surface area contributed by atoms with Crippen LogP contribution in [0.5, 0.6) is 0 Å². The fraction of sp³-hybridized carbons (Fsp3) is 0.353. The number of hydrogen-bond donors (Lipinski definition) is 0. The van der Waals surface area contributed by atoms with Crippen LogP contribution in [0.2, 0.25) is 5.02 Å². The van der Waals surface area contributed by atoms with Gasteiger partial charge in [0.05, 0.1) is 12.2 Å². The minimum absolute atomic E-state index is 0.319. The minimum Gasteiger partial charge on any atom is -0.439 e. The molecule has 0 saturated carbocycles. The zero-order chi connectivity index (χ0) is 17.4. The molecule has 1 fully saturated rings. The molecule has 130 valence electrons. The third kappa shape index (κ3) is 3.29. The first kappa shape index (κ1) is 16.2. The number of fused-ring (bicyclic) bond motifs is 1. The van der Waals surface area contributed by atoms with Crippen LogP contribution >= 0.6 is 11.6 Å². The average molecular weight is 362 g/mol. The van der Waals surface area contributed by atoms with E-state index in [1.54, 1.807) is 12.4 Å². The van der Waals surface area contributed by atoms with Gasteiger partial charge in [0.2, 0.25) is 5.89 Å². The molecule has 2 aromatic heterocycles. The number of halogens is 2. The highest BCUT2D eigenvalue weighted by molar-refractivity contribution is 6.33. The molecule has 0 amide bonds. The Bertz CT molecular complexity index is 907. The third-order valence-corrected chi connectivity index (χ3v) is 4.81. The van der Waals surface area contributed by atoms with Crippen molar-refractivity contribution in [3.8, 4) is 0 Å². The van der Waals surface area contributed by atoms with E-state index >= 15 is 0 Å². The van der Waals surface area contributed by atoms with E-state index in [1.807, 2.05) is 6.92 Å². The maximum Gasteiger partial charge on any atom is 0.209 e. The first-order valence-electron chi connectivity index (χ1n) is 8.09. The normalized spacial score (nSPS) is 15.9. The zero-order valence-corrected chi connectivity index (χ0v) is 14.5. The first-order valence-corrected chi connectivity index (χ1v) is 8.47. The Morgan fingerprint density at radius 2 is 2.00 bits per heavy atom. The Kier molecular flexibility index (Phi) is 4.27. The number of oxazole rings is 1. The smallest absolute Gasteiger partial charge is 0.209 e. The molecule has 0 unspecified atom stereocenters. The van der Waals surface area contributed by atoms with Gasteiger partial charge in [-0.1, -0.05) is 11.6 Å². The van der Waals surface area contributed by atoms with Crippen LogP contribution in [0.3, 0.4) is 0 Å². The maximum absolute atomic E-state index is 13.2. The van der Waals surface area contributed by atoms with Crippen molar-refractivity contribution in [1.29, 1.82) is 0 Å². The van der Waals surface area contributed by atoms with Gasteiger partial charge in [0.25, 0.3) is 0 Å². The SMILES string of the molecule is Cc1ncnc(N2CCN(Cc3nc4ccc(F)cc4o3)CC2)c1Cl. The molecule has 4 rings (SSSR count). The van der Waals surface area contributed by atoms with E-state index in [2.05, 4.69) is 24.8 Å². The summed E-state index contributed by atoms with van der Waals surface area (Å²) >= 11 is 6.31. The summed E-state index contributed by atoms with van der Waals surface area (Å²) in [5.41, 5.74) is 1.95. The van der Waals surface area contributed by atoms with Gasteiger partial charge in [-0.25, -0.2) is 19.3 Å². The molecule has 1 aromatic carbocycles. The van der Waals surface area contributed by atoms with Crippen LogP contribution in [0.1, 0.15) is 11.6 Å². The zero-order valence-electron chi connectivity index (χ0n) is 13.7. The van der Waals surface area contributed by atoms with E-state index in [-0.39, 0.29) is 5.82 Å². The van der Waals surface area contributed by atoms with E-state index in [9.17, 15) is 4.39 Å². The summed E-state index contributed by atoms with van der Waals surface area (Å²) < 4.78 is 18.9. The lowest BCUT2D eigenvalue weighted by molar-refractivity contribution is 0.228. The predicted octanol–water partition coefficient (Wildman–Crippen LogP) is 3.04. The summed E-state index contributed by atoms with van der Waals surface area (Å²) in [6.45, 7) is 5.77. The number of aryl methyl sites for hydroxylation is 1. The highest BCUT2D eigenvalue weighted by Crippen LogP contribution is 2.26. The molecule has 0 aliphatic carbocycles. The van der Waals surface area contributed by atoms with Crippen molar-refractivity contribution < 1.29 is 8.81 Å². The van der Waals surface area contributed by atoms with Crippen molar-refractivity contribution in [1.82, 2.24) is 19.9 Å². The fourth-order valence-corrected chi connectivity index (χ4v) is 3.21. The molecule has 6 nitrogen and oxygen atoms in total. The Hall–Kier alpha value is -2.25. The van der Waals surface area contributed by atoms with Crippen LogP contribution in [-0.4, -0.2) is 46.0 Å². The number of benzene rings is 1. The second-order valence-corrected chi connectivity index (χ2v) is 6.46. The highest BCUT2D eigenvalue weighted by atomic mass is 35.5. The second-order valence-electron chi connectivity index (χ2n) is 6.08. The Morgan fingerprint density at radius 3 is 2.80 bits per heavy atom. The third-order valence-electron chi connectivity index (χ3n) is 4.37. The molecular formula is C17H17ClFN5O. The second kappa shape index (κ2) is 6.57. The molecule has 0 radical (unpaired) electrons. The standard InChI is InChI=1S/C17H17ClFN5O/c1-11-16(18)17(21-10-20-11)24-6-4-23(5-7-24)9-15-22-13-3-2-12(19)8-14(13)25-15/h2-3,8,10H,4-7,9H2,1H3. The molecule has 8 heteroatoms. The Balaban J connectivity index is 1.42. The minimum atomic E-state index is -0.319. The summed E-state index contributed by atoms with van der Waals surface area (Å²) in [6.07, 6.45) is 1.54. The molecular weight excluding hydrogens is 345 g/mol. The van der Waals surface area contributed by atoms with Gasteiger partial charge in [-0.05, 0) is 19.1 Å². The van der Waals surface area contributed by atoms with E-state index in [0.29, 0.717) is 28.6 Å². The molecule has 1 saturated heterocycles.